The van der Waals surface area contributed by atoms with Crippen molar-refractivity contribution in [2.45, 2.75) is 115 Å². The van der Waals surface area contributed by atoms with Crippen LogP contribution < -0.4 is 0 Å². The van der Waals surface area contributed by atoms with E-state index >= 15 is 0 Å². The van der Waals surface area contributed by atoms with Gasteiger partial charge in [-0.15, -0.1) is 0 Å². The highest BCUT2D eigenvalue weighted by molar-refractivity contribution is 7.60. The topological polar surface area (TPSA) is 0 Å². The molecule has 0 nitrogen and oxygen atoms in total. The summed E-state index contributed by atoms with van der Waals surface area (Å²) in [5.74, 6) is 2.21. The molecule has 0 N–H and O–H groups in total. The van der Waals surface area contributed by atoms with E-state index in [1.807, 2.05) is 0 Å². The molecule has 0 atom stereocenters. The van der Waals surface area contributed by atoms with Gasteiger partial charge in [-0.25, -0.2) is 0 Å². The van der Waals surface area contributed by atoms with Gasteiger partial charge in [0.2, 0.25) is 0 Å². The van der Waals surface area contributed by atoms with Gasteiger partial charge in [0.05, 0.1) is 0 Å². The van der Waals surface area contributed by atoms with Crippen LogP contribution in [0.15, 0.2) is 0 Å². The first-order valence-electron chi connectivity index (χ1n) is 9.47. The van der Waals surface area contributed by atoms with Gasteiger partial charge in [-0.2, -0.15) is 0 Å². The number of hydrogen-bond donors (Lipinski definition) is 0. The first-order valence-corrected chi connectivity index (χ1v) is 11.0. The van der Waals surface area contributed by atoms with E-state index in [1.165, 1.54) is 25.4 Å². The summed E-state index contributed by atoms with van der Waals surface area (Å²) in [5.41, 5.74) is 0. The van der Waals surface area contributed by atoms with Crippen LogP contribution in [-0.4, -0.2) is 23.2 Å². The van der Waals surface area contributed by atoms with Gasteiger partial charge in [-0.1, -0.05) is 112 Å². The Hall–Kier alpha value is 0.495. The highest BCUT2D eigenvalue weighted by Crippen LogP contribution is 2.60. The minimum atomic E-state index is 0.116. The van der Waals surface area contributed by atoms with E-state index in [-0.39, 0.29) is 7.92 Å². The zero-order valence-corrected chi connectivity index (χ0v) is 16.4. The molecule has 0 unspecified atom stereocenters. The molecule has 2 fully saturated rings. The van der Waals surface area contributed by atoms with Crippen molar-refractivity contribution in [3.05, 3.63) is 0 Å². The van der Waals surface area contributed by atoms with Crippen molar-refractivity contribution in [3.63, 3.8) is 0 Å². The fourth-order valence-electron chi connectivity index (χ4n) is 5.45. The Morgan fingerprint density at radius 1 is 0.810 bits per heavy atom. The Bertz CT molecular complexity index is 289. The quantitative estimate of drug-likeness (QED) is 0.385. The summed E-state index contributed by atoms with van der Waals surface area (Å²) in [6, 6.07) is 0. The average molecular weight is 308 g/mol. The highest BCUT2D eigenvalue weighted by atomic mass is 31.1. The zero-order chi connectivity index (χ0) is 15.7. The maximum Gasteiger partial charge on any atom is 0.146 e. The van der Waals surface area contributed by atoms with Crippen LogP contribution in [-0.2, 0) is 0 Å². The van der Waals surface area contributed by atoms with Crippen molar-refractivity contribution in [1.29, 1.82) is 0 Å². The van der Waals surface area contributed by atoms with Crippen molar-refractivity contribution >= 4 is 14.6 Å². The second kappa shape index (κ2) is 6.94. The molecule has 0 radical (unpaired) electrons. The molecule has 2 aliphatic heterocycles. The van der Waals surface area contributed by atoms with Crippen LogP contribution in [0.3, 0.4) is 0 Å². The molecule has 2 rings (SSSR count). The summed E-state index contributed by atoms with van der Waals surface area (Å²) in [6.07, 6.45) is 13.8. The lowest BCUT2D eigenvalue weighted by Gasteiger charge is -2.43. The molecule has 0 spiro atoms. The van der Waals surface area contributed by atoms with Crippen molar-refractivity contribution < 1.29 is 0 Å². The van der Waals surface area contributed by atoms with E-state index in [0.29, 0.717) is 10.3 Å². The number of rotatable bonds is 4. The molecule has 21 heavy (non-hydrogen) atoms. The third-order valence-corrected chi connectivity index (χ3v) is 10.1. The second-order valence-electron chi connectivity index (χ2n) is 9.68. The minimum absolute atomic E-state index is 0.116. The molecule has 0 aromatic carbocycles. The SMILES string of the molecule is CC(C)(C)P(CCCB1C2CCCC1CCC2)C(C)(C)C. The van der Waals surface area contributed by atoms with Crippen LogP contribution in [0.4, 0.5) is 0 Å². The van der Waals surface area contributed by atoms with Crippen molar-refractivity contribution in [1.82, 2.24) is 0 Å². The predicted molar refractivity (Wildman–Crippen MR) is 102 cm³/mol. The molecule has 0 amide bonds. The van der Waals surface area contributed by atoms with Crippen LogP contribution in [0.2, 0.25) is 18.0 Å². The fraction of sp³-hybridized carbons (Fsp3) is 1.00. The standard InChI is InChI=1S/C19H38BP/c1-18(2,3)21(19(4,5)6)15-9-14-20-16-10-7-11-17(20)13-8-12-16/h16-17H,7-15H2,1-6H3. The molecule has 0 aromatic rings. The molecule has 0 aromatic heterocycles. The summed E-state index contributed by atoms with van der Waals surface area (Å²) in [6.45, 7) is 15.9. The molecule has 2 bridgehead atoms. The molecule has 2 aliphatic rings. The van der Waals surface area contributed by atoms with Gasteiger partial charge in [0, 0.05) is 0 Å². The average Bonchev–Trinajstić information content (AvgIpc) is 2.30. The lowest BCUT2D eigenvalue weighted by Crippen LogP contribution is -2.34. The lowest BCUT2D eigenvalue weighted by molar-refractivity contribution is 0.441. The van der Waals surface area contributed by atoms with Crippen molar-refractivity contribution in [3.8, 4) is 0 Å². The van der Waals surface area contributed by atoms with Crippen LogP contribution in [0.1, 0.15) is 86.5 Å². The largest absolute Gasteiger partial charge is 0.146 e. The smallest absolute Gasteiger partial charge is 0.0957 e. The third kappa shape index (κ3) is 4.73. The van der Waals surface area contributed by atoms with Gasteiger partial charge in [-0.05, 0) is 16.5 Å². The van der Waals surface area contributed by atoms with Gasteiger partial charge >= 0.3 is 0 Å². The highest BCUT2D eigenvalue weighted by Gasteiger charge is 2.39. The summed E-state index contributed by atoms with van der Waals surface area (Å²) in [5, 5.41) is 1.02. The van der Waals surface area contributed by atoms with Crippen LogP contribution in [0, 0.1) is 0 Å². The number of fused-ring (bicyclic) bond motifs is 2. The van der Waals surface area contributed by atoms with Gasteiger partial charge in [0.25, 0.3) is 0 Å². The van der Waals surface area contributed by atoms with E-state index in [1.54, 1.807) is 32.0 Å². The van der Waals surface area contributed by atoms with Crippen molar-refractivity contribution in [2.24, 2.45) is 0 Å². The Labute approximate surface area is 136 Å². The Balaban J connectivity index is 1.87. The van der Waals surface area contributed by atoms with Gasteiger partial charge < -0.3 is 0 Å². The molecule has 2 heterocycles. The molecular formula is C19H38BP. The van der Waals surface area contributed by atoms with Gasteiger partial charge in [0.1, 0.15) is 6.71 Å². The summed E-state index contributed by atoms with van der Waals surface area (Å²) in [7, 11) is 0.116. The summed E-state index contributed by atoms with van der Waals surface area (Å²) < 4.78 is 0. The molecular weight excluding hydrogens is 270 g/mol. The van der Waals surface area contributed by atoms with E-state index in [0.717, 1.165) is 18.3 Å². The Morgan fingerprint density at radius 3 is 1.62 bits per heavy atom. The molecule has 0 saturated carbocycles. The fourth-order valence-corrected chi connectivity index (χ4v) is 9.30. The normalized spacial score (nSPS) is 27.3. The van der Waals surface area contributed by atoms with Gasteiger partial charge in [-0.3, -0.25) is 0 Å². The molecule has 2 heteroatoms. The number of hydrogen-bond acceptors (Lipinski definition) is 0. The first-order chi connectivity index (χ1) is 9.69. The monoisotopic (exact) mass is 308 g/mol. The Kier molecular flexibility index (Phi) is 5.90. The third-order valence-electron chi connectivity index (χ3n) is 6.05. The van der Waals surface area contributed by atoms with E-state index in [9.17, 15) is 0 Å². The molecule has 0 aliphatic carbocycles. The van der Waals surface area contributed by atoms with E-state index in [2.05, 4.69) is 41.5 Å². The molecule has 2 saturated heterocycles. The van der Waals surface area contributed by atoms with Gasteiger partial charge in [0.15, 0.2) is 0 Å². The minimum Gasteiger partial charge on any atom is -0.0957 e. The summed E-state index contributed by atoms with van der Waals surface area (Å²) in [4.78, 5) is 0. The van der Waals surface area contributed by atoms with Crippen LogP contribution >= 0.6 is 7.92 Å². The van der Waals surface area contributed by atoms with E-state index in [4.69, 9.17) is 0 Å². The predicted octanol–water partition coefficient (Wildman–Crippen LogP) is 7.06. The van der Waals surface area contributed by atoms with E-state index < -0.39 is 0 Å². The van der Waals surface area contributed by atoms with Crippen LogP contribution in [0.25, 0.3) is 0 Å². The molecule has 122 valence electrons. The lowest BCUT2D eigenvalue weighted by atomic mass is 9.26. The first kappa shape index (κ1) is 17.8. The zero-order valence-electron chi connectivity index (χ0n) is 15.5. The van der Waals surface area contributed by atoms with Crippen molar-refractivity contribution in [2.75, 3.05) is 6.16 Å². The summed E-state index contributed by atoms with van der Waals surface area (Å²) >= 11 is 0. The Morgan fingerprint density at radius 2 is 1.24 bits per heavy atom. The maximum absolute atomic E-state index is 2.47. The second-order valence-corrected chi connectivity index (χ2v) is 13.7. The maximum atomic E-state index is 2.47. The van der Waals surface area contributed by atoms with Crippen LogP contribution in [0.5, 0.6) is 0 Å².